The number of halogens is 1. The number of anilines is 1. The van der Waals surface area contributed by atoms with Crippen molar-refractivity contribution in [3.8, 4) is 6.07 Å². The first-order valence-electron chi connectivity index (χ1n) is 8.26. The molecule has 7 heteroatoms. The zero-order valence-corrected chi connectivity index (χ0v) is 13.5. The molecule has 1 atom stereocenters. The first-order valence-corrected chi connectivity index (χ1v) is 8.26. The highest BCUT2D eigenvalue weighted by Gasteiger charge is 2.36. The number of carbonyl (C=O) groups is 1. The Morgan fingerprint density at radius 3 is 2.96 bits per heavy atom. The zero-order valence-electron chi connectivity index (χ0n) is 13.5. The van der Waals surface area contributed by atoms with E-state index in [1.54, 1.807) is 12.1 Å². The summed E-state index contributed by atoms with van der Waals surface area (Å²) in [6.07, 6.45) is 1.36. The number of hydrogen-bond acceptors (Lipinski definition) is 5. The fraction of sp³-hybridized carbons (Fsp3) is 0.588. The third-order valence-corrected chi connectivity index (χ3v) is 4.71. The van der Waals surface area contributed by atoms with Crippen molar-refractivity contribution in [3.63, 3.8) is 0 Å². The van der Waals surface area contributed by atoms with Gasteiger partial charge in [-0.05, 0) is 18.6 Å². The largest absolute Gasteiger partial charge is 0.381 e. The third kappa shape index (κ3) is 3.82. The van der Waals surface area contributed by atoms with Gasteiger partial charge in [-0.15, -0.1) is 0 Å². The van der Waals surface area contributed by atoms with Crippen LogP contribution in [0.1, 0.15) is 25.0 Å². The van der Waals surface area contributed by atoms with Gasteiger partial charge in [-0.1, -0.05) is 6.07 Å². The maximum Gasteiger partial charge on any atom is 0.225 e. The maximum absolute atomic E-state index is 14.9. The van der Waals surface area contributed by atoms with Crippen molar-refractivity contribution in [2.75, 3.05) is 37.7 Å². The molecule has 3 heterocycles. The highest BCUT2D eigenvalue weighted by atomic mass is 19.1. The number of hydrogen-bond donors (Lipinski definition) is 1. The Labute approximate surface area is 140 Å². The van der Waals surface area contributed by atoms with Gasteiger partial charge in [0.1, 0.15) is 23.2 Å². The first-order chi connectivity index (χ1) is 11.6. The lowest BCUT2D eigenvalue weighted by molar-refractivity contribution is -0.125. The van der Waals surface area contributed by atoms with E-state index in [-0.39, 0.29) is 18.4 Å². The molecule has 1 aromatic rings. The van der Waals surface area contributed by atoms with E-state index in [9.17, 15) is 9.18 Å². The van der Waals surface area contributed by atoms with E-state index in [2.05, 4.69) is 10.3 Å². The van der Waals surface area contributed by atoms with Gasteiger partial charge in [0.05, 0.1) is 19.1 Å². The molecule has 0 radical (unpaired) electrons. The molecule has 2 aliphatic rings. The Morgan fingerprint density at radius 2 is 2.29 bits per heavy atom. The normalized spacial score (nSPS) is 22.8. The summed E-state index contributed by atoms with van der Waals surface area (Å²) in [6.45, 7) is 2.10. The average Bonchev–Trinajstić information content (AvgIpc) is 3.15. The number of aromatic nitrogens is 1. The van der Waals surface area contributed by atoms with E-state index < -0.39 is 5.67 Å². The molecule has 0 saturated carbocycles. The summed E-state index contributed by atoms with van der Waals surface area (Å²) in [4.78, 5) is 18.2. The van der Waals surface area contributed by atoms with Gasteiger partial charge in [0.25, 0.3) is 0 Å². The van der Waals surface area contributed by atoms with Crippen LogP contribution in [0.4, 0.5) is 10.2 Å². The number of alkyl halides is 1. The van der Waals surface area contributed by atoms with E-state index >= 15 is 0 Å². The molecule has 0 aromatic carbocycles. The molecule has 1 aromatic heterocycles. The summed E-state index contributed by atoms with van der Waals surface area (Å²) in [6, 6.07) is 7.27. The number of pyridine rings is 1. The Kier molecular flexibility index (Phi) is 4.95. The van der Waals surface area contributed by atoms with Crippen molar-refractivity contribution in [3.05, 3.63) is 23.9 Å². The summed E-state index contributed by atoms with van der Waals surface area (Å²) in [5.74, 6) is 0.435. The lowest BCUT2D eigenvalue weighted by atomic mass is 9.93. The minimum Gasteiger partial charge on any atom is -0.381 e. The van der Waals surface area contributed by atoms with Gasteiger partial charge in [0, 0.05) is 32.5 Å². The Bertz CT molecular complexity index is 632. The summed E-state index contributed by atoms with van der Waals surface area (Å²) < 4.78 is 20.1. The Morgan fingerprint density at radius 1 is 1.50 bits per heavy atom. The minimum atomic E-state index is -1.39. The van der Waals surface area contributed by atoms with Gasteiger partial charge in [0.15, 0.2) is 0 Å². The van der Waals surface area contributed by atoms with Crippen molar-refractivity contribution in [1.29, 1.82) is 5.26 Å². The monoisotopic (exact) mass is 332 g/mol. The van der Waals surface area contributed by atoms with E-state index in [1.165, 1.54) is 0 Å². The molecule has 0 aliphatic carbocycles. The molecule has 1 amide bonds. The second-order valence-corrected chi connectivity index (χ2v) is 6.41. The third-order valence-electron chi connectivity index (χ3n) is 4.71. The van der Waals surface area contributed by atoms with Gasteiger partial charge < -0.3 is 15.0 Å². The van der Waals surface area contributed by atoms with Gasteiger partial charge in [-0.25, -0.2) is 9.37 Å². The Balaban J connectivity index is 1.51. The molecule has 2 saturated heterocycles. The van der Waals surface area contributed by atoms with Gasteiger partial charge in [-0.2, -0.15) is 5.26 Å². The highest BCUT2D eigenvalue weighted by Crippen LogP contribution is 2.28. The quantitative estimate of drug-likeness (QED) is 0.902. The molecule has 1 unspecified atom stereocenters. The maximum atomic E-state index is 14.9. The first kappa shape index (κ1) is 16.7. The van der Waals surface area contributed by atoms with Crippen LogP contribution >= 0.6 is 0 Å². The van der Waals surface area contributed by atoms with Crippen LogP contribution in [0.2, 0.25) is 0 Å². The molecular weight excluding hydrogens is 311 g/mol. The zero-order chi connectivity index (χ0) is 17.0. The van der Waals surface area contributed by atoms with Crippen molar-refractivity contribution in [2.24, 2.45) is 5.92 Å². The predicted octanol–water partition coefficient (Wildman–Crippen LogP) is 1.41. The van der Waals surface area contributed by atoms with Gasteiger partial charge in [0.2, 0.25) is 5.91 Å². The molecule has 0 bridgehead atoms. The summed E-state index contributed by atoms with van der Waals surface area (Å²) in [7, 11) is 0. The number of nitriles is 1. The number of nitrogens with one attached hydrogen (secondary N) is 1. The minimum absolute atomic E-state index is 0.0435. The SMILES string of the molecule is N#Cc1cccc(N2CCC(F)(CNC(=O)C3CCOC3)CC2)n1. The van der Waals surface area contributed by atoms with Crippen LogP contribution in [0.15, 0.2) is 18.2 Å². The predicted molar refractivity (Wildman–Crippen MR) is 86.2 cm³/mol. The summed E-state index contributed by atoms with van der Waals surface area (Å²) >= 11 is 0. The van der Waals surface area contributed by atoms with E-state index in [0.717, 1.165) is 0 Å². The Hall–Kier alpha value is -2.20. The van der Waals surface area contributed by atoms with Crippen LogP contribution in [0.25, 0.3) is 0 Å². The molecule has 24 heavy (non-hydrogen) atoms. The van der Waals surface area contributed by atoms with Crippen LogP contribution in [-0.4, -0.2) is 49.4 Å². The fourth-order valence-electron chi connectivity index (χ4n) is 3.11. The molecule has 2 fully saturated rings. The van der Waals surface area contributed by atoms with Crippen molar-refractivity contribution in [2.45, 2.75) is 24.9 Å². The van der Waals surface area contributed by atoms with E-state index in [4.69, 9.17) is 10.00 Å². The molecule has 6 nitrogen and oxygen atoms in total. The second kappa shape index (κ2) is 7.14. The fourth-order valence-corrected chi connectivity index (χ4v) is 3.11. The van der Waals surface area contributed by atoms with Crippen molar-refractivity contribution < 1.29 is 13.9 Å². The van der Waals surface area contributed by atoms with Crippen LogP contribution in [0.5, 0.6) is 0 Å². The molecule has 0 spiro atoms. The van der Waals surface area contributed by atoms with Crippen LogP contribution in [0, 0.1) is 17.2 Å². The second-order valence-electron chi connectivity index (χ2n) is 6.41. The summed E-state index contributed by atoms with van der Waals surface area (Å²) in [5, 5.41) is 11.7. The number of nitrogens with zero attached hydrogens (tertiary/aromatic N) is 3. The number of rotatable bonds is 4. The van der Waals surface area contributed by atoms with E-state index in [0.29, 0.717) is 57.1 Å². The lowest BCUT2D eigenvalue weighted by Gasteiger charge is -2.37. The molecule has 3 rings (SSSR count). The average molecular weight is 332 g/mol. The molecular formula is C17H21FN4O2. The highest BCUT2D eigenvalue weighted by molar-refractivity contribution is 5.79. The van der Waals surface area contributed by atoms with Crippen LogP contribution < -0.4 is 10.2 Å². The number of ether oxygens (including phenoxy) is 1. The molecule has 2 aliphatic heterocycles. The van der Waals surface area contributed by atoms with Gasteiger partial charge in [-0.3, -0.25) is 4.79 Å². The molecule has 128 valence electrons. The number of carbonyl (C=O) groups excluding carboxylic acids is 1. The smallest absolute Gasteiger partial charge is 0.225 e. The lowest BCUT2D eigenvalue weighted by Crippen LogP contribution is -2.49. The standard InChI is InChI=1S/C17H21FN4O2/c18-17(12-20-16(23)13-4-9-24-11-13)5-7-22(8-6-17)15-3-1-2-14(10-19)21-15/h1-3,13H,4-9,11-12H2,(H,20,23). The van der Waals surface area contributed by atoms with Crippen LogP contribution in [0.3, 0.4) is 0 Å². The van der Waals surface area contributed by atoms with Crippen molar-refractivity contribution in [1.82, 2.24) is 10.3 Å². The topological polar surface area (TPSA) is 78.2 Å². The number of piperidine rings is 1. The molecule has 1 N–H and O–H groups in total. The van der Waals surface area contributed by atoms with Crippen molar-refractivity contribution >= 4 is 11.7 Å². The summed E-state index contributed by atoms with van der Waals surface area (Å²) in [5.41, 5.74) is -1.03. The van der Waals surface area contributed by atoms with Crippen LogP contribution in [-0.2, 0) is 9.53 Å². The van der Waals surface area contributed by atoms with Gasteiger partial charge >= 0.3 is 0 Å². The van der Waals surface area contributed by atoms with E-state index in [1.807, 2.05) is 17.0 Å². The number of amides is 1.